The summed E-state index contributed by atoms with van der Waals surface area (Å²) in [5.41, 5.74) is -2.28. The maximum atomic E-state index is 12.2. The Labute approximate surface area is 169 Å². The zero-order valence-corrected chi connectivity index (χ0v) is 18.6. The molecule has 0 aliphatic carbocycles. The highest BCUT2D eigenvalue weighted by molar-refractivity contribution is 7.47. The van der Waals surface area contributed by atoms with Gasteiger partial charge in [-0.2, -0.15) is 0 Å². The van der Waals surface area contributed by atoms with Gasteiger partial charge < -0.3 is 15.1 Å². The molecule has 25 heavy (non-hydrogen) atoms. The van der Waals surface area contributed by atoms with Crippen molar-refractivity contribution in [1.82, 2.24) is 0 Å². The first-order chi connectivity index (χ1) is 11.3. The topological polar surface area (TPSA) is 96.2 Å². The number of halogens is 4. The summed E-state index contributed by atoms with van der Waals surface area (Å²) in [5.74, 6) is 0. The average molecular weight is 464 g/mol. The minimum absolute atomic E-state index is 0.397. The van der Waals surface area contributed by atoms with Crippen LogP contribution in [-0.4, -0.2) is 63.0 Å². The van der Waals surface area contributed by atoms with Crippen LogP contribution >= 0.6 is 54.2 Å². The highest BCUT2D eigenvalue weighted by atomic mass is 35.5. The van der Waals surface area contributed by atoms with Gasteiger partial charge in [0.2, 0.25) is 0 Å². The zero-order chi connectivity index (χ0) is 20.1. The second-order valence-corrected chi connectivity index (χ2v) is 10.3. The maximum Gasteiger partial charge on any atom is 0.472 e. The molecular weight excluding hydrogens is 437 g/mol. The van der Waals surface area contributed by atoms with Gasteiger partial charge >= 0.3 is 7.82 Å². The van der Waals surface area contributed by atoms with Crippen LogP contribution < -0.4 is 0 Å². The summed E-state index contributed by atoms with van der Waals surface area (Å²) in [5, 5.41) is 16.7. The molecule has 0 aromatic rings. The lowest BCUT2D eigenvalue weighted by molar-refractivity contribution is 0.0181. The van der Waals surface area contributed by atoms with Crippen molar-refractivity contribution in [3.8, 4) is 0 Å². The monoisotopic (exact) mass is 462 g/mol. The molecule has 0 heterocycles. The van der Waals surface area contributed by atoms with Crippen LogP contribution in [0.25, 0.3) is 0 Å². The van der Waals surface area contributed by atoms with Gasteiger partial charge in [0.1, 0.15) is 0 Å². The second-order valence-electron chi connectivity index (χ2n) is 6.26. The number of hydrogen-bond acceptors (Lipinski definition) is 5. The molecule has 0 spiro atoms. The first kappa shape index (κ1) is 26.2. The number of aliphatic hydroxyl groups excluding tert-OH is 2. The Hall–Kier alpha value is 1.19. The smallest absolute Gasteiger partial charge is 0.396 e. The first-order valence-electron chi connectivity index (χ1n) is 7.71. The summed E-state index contributed by atoms with van der Waals surface area (Å²) in [7, 11) is -4.53. The van der Waals surface area contributed by atoms with Gasteiger partial charge in [0.25, 0.3) is 0 Å². The molecule has 0 aliphatic heterocycles. The number of phosphoric acid groups is 1. The molecule has 11 heteroatoms. The van der Waals surface area contributed by atoms with Gasteiger partial charge in [-0.15, -0.1) is 46.4 Å². The Morgan fingerprint density at radius 1 is 0.800 bits per heavy atom. The van der Waals surface area contributed by atoms with Crippen molar-refractivity contribution in [3.05, 3.63) is 0 Å². The number of rotatable bonds is 12. The van der Waals surface area contributed by atoms with Crippen molar-refractivity contribution in [2.75, 3.05) is 26.4 Å². The third kappa shape index (κ3) is 6.63. The number of phosphoric ester groups is 1. The van der Waals surface area contributed by atoms with Crippen molar-refractivity contribution in [1.29, 1.82) is 0 Å². The van der Waals surface area contributed by atoms with Crippen molar-refractivity contribution >= 4 is 54.2 Å². The summed E-state index contributed by atoms with van der Waals surface area (Å²) in [6, 6.07) is 0. The summed E-state index contributed by atoms with van der Waals surface area (Å²) >= 11 is 24.3. The van der Waals surface area contributed by atoms with E-state index in [9.17, 15) is 19.7 Å². The minimum atomic E-state index is -4.53. The number of hydrogen-bond donors (Lipinski definition) is 3. The van der Waals surface area contributed by atoms with Gasteiger partial charge in [0.15, 0.2) is 0 Å². The van der Waals surface area contributed by atoms with Gasteiger partial charge in [-0.25, -0.2) is 4.57 Å². The molecule has 0 aromatic carbocycles. The predicted octanol–water partition coefficient (Wildman–Crippen LogP) is 3.59. The Balaban J connectivity index is 5.14. The van der Waals surface area contributed by atoms with E-state index < -0.39 is 66.6 Å². The molecule has 0 saturated carbocycles. The summed E-state index contributed by atoms with van der Waals surface area (Å²) in [4.78, 5) is 9.93. The average Bonchev–Trinajstić information content (AvgIpc) is 2.47. The van der Waals surface area contributed by atoms with E-state index in [0.717, 1.165) is 0 Å². The largest absolute Gasteiger partial charge is 0.472 e. The number of alkyl halides is 4. The van der Waals surface area contributed by atoms with Crippen LogP contribution in [-0.2, 0) is 13.6 Å². The van der Waals surface area contributed by atoms with Crippen LogP contribution in [0.5, 0.6) is 0 Å². The molecule has 6 nitrogen and oxygen atoms in total. The second kappa shape index (κ2) is 10.7. The van der Waals surface area contributed by atoms with Crippen LogP contribution in [0, 0.1) is 10.8 Å². The Morgan fingerprint density at radius 3 is 1.20 bits per heavy atom. The van der Waals surface area contributed by atoms with Gasteiger partial charge in [-0.1, -0.05) is 0 Å². The van der Waals surface area contributed by atoms with E-state index in [1.165, 1.54) is 0 Å². The standard InChI is InChI=1S/C14H27Cl4O6P/c1-9(15)13(5-19,10(2)16)7-23-25(21,22)24-8-14(6-20,11(3)17)12(4)18/h9-12,19-20H,5-8H2,1-4H3,(H,21,22). The highest BCUT2D eigenvalue weighted by Crippen LogP contribution is 2.49. The predicted molar refractivity (Wildman–Crippen MR) is 102 cm³/mol. The van der Waals surface area contributed by atoms with Crippen molar-refractivity contribution in [3.63, 3.8) is 0 Å². The molecule has 0 radical (unpaired) electrons. The molecule has 0 amide bonds. The van der Waals surface area contributed by atoms with Crippen molar-refractivity contribution in [2.45, 2.75) is 49.2 Å². The van der Waals surface area contributed by atoms with E-state index in [1.807, 2.05) is 0 Å². The third-order valence-electron chi connectivity index (χ3n) is 4.75. The summed E-state index contributed by atoms with van der Waals surface area (Å²) in [6.07, 6.45) is 0. The van der Waals surface area contributed by atoms with Crippen LogP contribution in [0.15, 0.2) is 0 Å². The van der Waals surface area contributed by atoms with Crippen LogP contribution in [0.1, 0.15) is 27.7 Å². The van der Waals surface area contributed by atoms with Crippen LogP contribution in [0.4, 0.5) is 0 Å². The fraction of sp³-hybridized carbons (Fsp3) is 1.00. The first-order valence-corrected chi connectivity index (χ1v) is 10.9. The Bertz CT molecular complexity index is 395. The molecule has 0 saturated heterocycles. The zero-order valence-electron chi connectivity index (χ0n) is 14.7. The molecule has 3 N–H and O–H groups in total. The van der Waals surface area contributed by atoms with Gasteiger partial charge in [0, 0.05) is 32.3 Å². The maximum absolute atomic E-state index is 12.2. The van der Waals surface area contributed by atoms with E-state index in [2.05, 4.69) is 0 Å². The molecule has 0 aromatic heterocycles. The molecule has 0 aliphatic rings. The molecule has 4 atom stereocenters. The lowest BCUT2D eigenvalue weighted by Gasteiger charge is -2.38. The molecule has 0 bridgehead atoms. The van der Waals surface area contributed by atoms with Crippen molar-refractivity contribution in [2.24, 2.45) is 10.8 Å². The van der Waals surface area contributed by atoms with E-state index in [4.69, 9.17) is 55.5 Å². The number of aliphatic hydroxyl groups is 2. The van der Waals surface area contributed by atoms with Gasteiger partial charge in [-0.3, -0.25) is 9.05 Å². The fourth-order valence-corrected chi connectivity index (χ4v) is 4.42. The molecule has 0 rings (SSSR count). The fourth-order valence-electron chi connectivity index (χ4n) is 2.13. The summed E-state index contributed by atoms with van der Waals surface area (Å²) < 4.78 is 22.2. The molecule has 4 unspecified atom stereocenters. The van der Waals surface area contributed by atoms with E-state index in [0.29, 0.717) is 0 Å². The third-order valence-corrected chi connectivity index (χ3v) is 7.40. The van der Waals surface area contributed by atoms with E-state index in [1.54, 1.807) is 27.7 Å². The quantitative estimate of drug-likeness (QED) is 0.302. The lowest BCUT2D eigenvalue weighted by atomic mass is 9.83. The minimum Gasteiger partial charge on any atom is -0.396 e. The lowest BCUT2D eigenvalue weighted by Crippen LogP contribution is -2.46. The van der Waals surface area contributed by atoms with Gasteiger partial charge in [0.05, 0.1) is 26.4 Å². The molecule has 152 valence electrons. The van der Waals surface area contributed by atoms with Gasteiger partial charge in [-0.05, 0) is 27.7 Å². The Kier molecular flexibility index (Phi) is 11.2. The highest BCUT2D eigenvalue weighted by Gasteiger charge is 2.45. The van der Waals surface area contributed by atoms with Crippen molar-refractivity contribution < 1.29 is 28.7 Å². The van der Waals surface area contributed by atoms with Crippen LogP contribution in [0.2, 0.25) is 0 Å². The van der Waals surface area contributed by atoms with E-state index >= 15 is 0 Å². The SMILES string of the molecule is CC(Cl)C(CO)(COP(=O)(O)OCC(CO)(C(C)Cl)C(C)Cl)C(C)Cl. The molecule has 0 fully saturated rings. The normalized spacial score (nSPS) is 24.4. The van der Waals surface area contributed by atoms with E-state index in [-0.39, 0.29) is 0 Å². The summed E-state index contributed by atoms with van der Waals surface area (Å²) in [6.45, 7) is 4.72. The van der Waals surface area contributed by atoms with Crippen LogP contribution in [0.3, 0.4) is 0 Å². The molecular formula is C14H27Cl4O6P. The Morgan fingerprint density at radius 2 is 1.04 bits per heavy atom.